The van der Waals surface area contributed by atoms with Gasteiger partial charge in [0.2, 0.25) is 0 Å². The van der Waals surface area contributed by atoms with Crippen LogP contribution in [0.3, 0.4) is 0 Å². The topological polar surface area (TPSA) is 42.2 Å². The highest BCUT2D eigenvalue weighted by Gasteiger charge is 2.07. The summed E-state index contributed by atoms with van der Waals surface area (Å²) in [5, 5.41) is 12.6. The molecule has 4 nitrogen and oxygen atoms in total. The maximum Gasteiger partial charge on any atom is 0.160 e. The second-order valence-corrected chi connectivity index (χ2v) is 5.46. The lowest BCUT2D eigenvalue weighted by atomic mass is 10.1. The fourth-order valence-corrected chi connectivity index (χ4v) is 2.46. The fraction of sp³-hybridized carbons (Fsp3) is 0.250. The molecule has 1 aromatic carbocycles. The number of hydrogen-bond donors (Lipinski definition) is 1. The van der Waals surface area contributed by atoms with Gasteiger partial charge in [-0.2, -0.15) is 0 Å². The summed E-state index contributed by atoms with van der Waals surface area (Å²) >= 11 is 5.91. The van der Waals surface area contributed by atoms with Crippen LogP contribution in [0.25, 0.3) is 5.65 Å². The smallest absolute Gasteiger partial charge is 0.160 e. The molecule has 0 saturated heterocycles. The van der Waals surface area contributed by atoms with Crippen molar-refractivity contribution < 1.29 is 0 Å². The Bertz CT molecular complexity index is 720. The molecule has 0 aliphatic carbocycles. The van der Waals surface area contributed by atoms with Gasteiger partial charge in [-0.25, -0.2) is 0 Å². The number of halogens is 1. The van der Waals surface area contributed by atoms with Crippen LogP contribution in [0, 0.1) is 0 Å². The third-order valence-corrected chi connectivity index (χ3v) is 3.81. The number of aromatic nitrogens is 3. The van der Waals surface area contributed by atoms with Crippen LogP contribution in [0.4, 0.5) is 0 Å². The number of nitrogens with one attached hydrogen (secondary N) is 1. The second kappa shape index (κ2) is 6.24. The Morgan fingerprint density at radius 2 is 1.95 bits per heavy atom. The average Bonchev–Trinajstić information content (AvgIpc) is 2.91. The van der Waals surface area contributed by atoms with Crippen molar-refractivity contribution in [2.45, 2.75) is 19.4 Å². The molecule has 0 spiro atoms. The van der Waals surface area contributed by atoms with E-state index in [1.54, 1.807) is 0 Å². The molecule has 1 atom stereocenters. The minimum atomic E-state index is 0.279. The molecule has 108 valence electrons. The summed E-state index contributed by atoms with van der Waals surface area (Å²) in [6, 6.07) is 14.1. The van der Waals surface area contributed by atoms with Gasteiger partial charge in [0.1, 0.15) is 5.82 Å². The van der Waals surface area contributed by atoms with Gasteiger partial charge in [-0.1, -0.05) is 29.8 Å². The third kappa shape index (κ3) is 3.23. The molecule has 2 aromatic heterocycles. The van der Waals surface area contributed by atoms with E-state index in [0.29, 0.717) is 0 Å². The summed E-state index contributed by atoms with van der Waals surface area (Å²) in [5.74, 6) is 0.974. The Labute approximate surface area is 128 Å². The molecule has 0 aliphatic rings. The van der Waals surface area contributed by atoms with Gasteiger partial charge in [0.25, 0.3) is 0 Å². The first-order valence-electron chi connectivity index (χ1n) is 7.01. The predicted octanol–water partition coefficient (Wildman–Crippen LogP) is 3.28. The van der Waals surface area contributed by atoms with Gasteiger partial charge in [0.05, 0.1) is 0 Å². The number of hydrogen-bond acceptors (Lipinski definition) is 3. The van der Waals surface area contributed by atoms with Gasteiger partial charge >= 0.3 is 0 Å². The molecular formula is C16H17ClN4. The van der Waals surface area contributed by atoms with Gasteiger partial charge in [-0.3, -0.25) is 4.40 Å². The van der Waals surface area contributed by atoms with E-state index in [-0.39, 0.29) is 6.04 Å². The molecule has 0 bridgehead atoms. The van der Waals surface area contributed by atoms with E-state index < -0.39 is 0 Å². The summed E-state index contributed by atoms with van der Waals surface area (Å²) in [6.07, 6.45) is 2.83. The van der Waals surface area contributed by atoms with Gasteiger partial charge in [0, 0.05) is 30.2 Å². The Kier molecular flexibility index (Phi) is 4.18. The maximum atomic E-state index is 5.91. The van der Waals surface area contributed by atoms with Crippen molar-refractivity contribution in [2.75, 3.05) is 6.54 Å². The zero-order valence-electron chi connectivity index (χ0n) is 11.8. The van der Waals surface area contributed by atoms with Crippen LogP contribution in [0.1, 0.15) is 24.4 Å². The molecular weight excluding hydrogens is 284 g/mol. The zero-order chi connectivity index (χ0) is 14.7. The number of benzene rings is 1. The summed E-state index contributed by atoms with van der Waals surface area (Å²) < 4.78 is 2.02. The van der Waals surface area contributed by atoms with E-state index in [1.807, 2.05) is 53.1 Å². The standard InChI is InChI=1S/C16H17ClN4/c1-12(13-5-7-14(17)8-6-13)18-10-9-16-20-19-15-4-2-3-11-21(15)16/h2-8,11-12,18H,9-10H2,1H3. The lowest BCUT2D eigenvalue weighted by Crippen LogP contribution is -2.22. The number of fused-ring (bicyclic) bond motifs is 1. The minimum Gasteiger partial charge on any atom is -0.310 e. The molecule has 21 heavy (non-hydrogen) atoms. The van der Waals surface area contributed by atoms with Crippen LogP contribution in [-0.4, -0.2) is 21.1 Å². The summed E-state index contributed by atoms with van der Waals surface area (Å²) in [6.45, 7) is 2.99. The van der Waals surface area contributed by atoms with Crippen LogP contribution >= 0.6 is 11.6 Å². The van der Waals surface area contributed by atoms with E-state index in [2.05, 4.69) is 22.4 Å². The van der Waals surface area contributed by atoms with Crippen molar-refractivity contribution in [3.05, 3.63) is 65.1 Å². The van der Waals surface area contributed by atoms with Crippen molar-refractivity contribution >= 4 is 17.2 Å². The first-order chi connectivity index (χ1) is 10.2. The Morgan fingerprint density at radius 1 is 1.14 bits per heavy atom. The van der Waals surface area contributed by atoms with E-state index in [9.17, 15) is 0 Å². The predicted molar refractivity (Wildman–Crippen MR) is 84.6 cm³/mol. The lowest BCUT2D eigenvalue weighted by Gasteiger charge is -2.13. The van der Waals surface area contributed by atoms with Gasteiger partial charge in [-0.15, -0.1) is 10.2 Å². The molecule has 1 N–H and O–H groups in total. The van der Waals surface area contributed by atoms with Crippen LogP contribution in [0.2, 0.25) is 5.02 Å². The summed E-state index contributed by atoms with van der Waals surface area (Å²) in [4.78, 5) is 0. The number of nitrogens with zero attached hydrogens (tertiary/aromatic N) is 3. The molecule has 1 unspecified atom stereocenters. The van der Waals surface area contributed by atoms with Crippen molar-refractivity contribution in [1.29, 1.82) is 0 Å². The van der Waals surface area contributed by atoms with Crippen LogP contribution in [0.5, 0.6) is 0 Å². The second-order valence-electron chi connectivity index (χ2n) is 5.02. The Balaban J connectivity index is 1.59. The van der Waals surface area contributed by atoms with Gasteiger partial charge in [0.15, 0.2) is 5.65 Å². The van der Waals surface area contributed by atoms with Crippen LogP contribution in [0.15, 0.2) is 48.7 Å². The van der Waals surface area contributed by atoms with Crippen LogP contribution < -0.4 is 5.32 Å². The average molecular weight is 301 g/mol. The van der Waals surface area contributed by atoms with Crippen molar-refractivity contribution in [1.82, 2.24) is 19.9 Å². The maximum absolute atomic E-state index is 5.91. The van der Waals surface area contributed by atoms with E-state index in [1.165, 1.54) is 5.56 Å². The quantitative estimate of drug-likeness (QED) is 0.786. The molecule has 5 heteroatoms. The zero-order valence-corrected chi connectivity index (χ0v) is 12.6. The minimum absolute atomic E-state index is 0.279. The Hall–Kier alpha value is -1.91. The monoisotopic (exact) mass is 300 g/mol. The number of pyridine rings is 1. The molecule has 3 rings (SSSR count). The molecule has 0 saturated carbocycles. The lowest BCUT2D eigenvalue weighted by molar-refractivity contribution is 0.569. The van der Waals surface area contributed by atoms with Crippen LogP contribution in [-0.2, 0) is 6.42 Å². The molecule has 3 aromatic rings. The van der Waals surface area contributed by atoms with Crippen molar-refractivity contribution in [2.24, 2.45) is 0 Å². The summed E-state index contributed by atoms with van der Waals surface area (Å²) in [7, 11) is 0. The summed E-state index contributed by atoms with van der Waals surface area (Å²) in [5.41, 5.74) is 2.11. The van der Waals surface area contributed by atoms with Gasteiger partial charge in [-0.05, 0) is 36.8 Å². The van der Waals surface area contributed by atoms with E-state index >= 15 is 0 Å². The molecule has 0 aliphatic heterocycles. The fourth-order valence-electron chi connectivity index (χ4n) is 2.33. The van der Waals surface area contributed by atoms with E-state index in [4.69, 9.17) is 11.6 Å². The van der Waals surface area contributed by atoms with Crippen molar-refractivity contribution in [3.8, 4) is 0 Å². The third-order valence-electron chi connectivity index (χ3n) is 3.55. The highest BCUT2D eigenvalue weighted by molar-refractivity contribution is 6.30. The normalized spacial score (nSPS) is 12.7. The molecule has 0 amide bonds. The first-order valence-corrected chi connectivity index (χ1v) is 7.39. The first kappa shape index (κ1) is 14.0. The van der Waals surface area contributed by atoms with Crippen molar-refractivity contribution in [3.63, 3.8) is 0 Å². The molecule has 0 radical (unpaired) electrons. The molecule has 0 fully saturated rings. The highest BCUT2D eigenvalue weighted by Crippen LogP contribution is 2.15. The van der Waals surface area contributed by atoms with E-state index in [0.717, 1.165) is 29.5 Å². The number of rotatable bonds is 5. The van der Waals surface area contributed by atoms with Gasteiger partial charge < -0.3 is 5.32 Å². The molecule has 2 heterocycles. The largest absolute Gasteiger partial charge is 0.310 e. The Morgan fingerprint density at radius 3 is 2.76 bits per heavy atom. The SMILES string of the molecule is CC(NCCc1nnc2ccccn12)c1ccc(Cl)cc1. The highest BCUT2D eigenvalue weighted by atomic mass is 35.5.